The lowest BCUT2D eigenvalue weighted by Gasteiger charge is -2.12. The Balaban J connectivity index is 2.11. The molecule has 6 nitrogen and oxygen atoms in total. The summed E-state index contributed by atoms with van der Waals surface area (Å²) in [6.07, 6.45) is 0. The molecule has 0 unspecified atom stereocenters. The molecule has 0 aliphatic heterocycles. The van der Waals surface area contributed by atoms with Gasteiger partial charge in [-0.2, -0.15) is 5.26 Å². The van der Waals surface area contributed by atoms with E-state index in [9.17, 15) is 18.3 Å². The third-order valence-electron chi connectivity index (χ3n) is 3.63. The van der Waals surface area contributed by atoms with E-state index in [0.29, 0.717) is 10.8 Å². The molecule has 0 aliphatic carbocycles. The van der Waals surface area contributed by atoms with Crippen LogP contribution in [-0.2, 0) is 10.0 Å². The summed E-state index contributed by atoms with van der Waals surface area (Å²) < 4.78 is 27.4. The highest BCUT2D eigenvalue weighted by atomic mass is 32.2. The maximum absolute atomic E-state index is 12.6. The van der Waals surface area contributed by atoms with Crippen LogP contribution in [0, 0.1) is 11.3 Å². The van der Waals surface area contributed by atoms with Crippen molar-refractivity contribution in [1.82, 2.24) is 0 Å². The normalized spacial score (nSPS) is 11.0. The van der Waals surface area contributed by atoms with Crippen molar-refractivity contribution in [2.45, 2.75) is 4.90 Å². The molecule has 0 radical (unpaired) electrons. The van der Waals surface area contributed by atoms with Crippen molar-refractivity contribution in [3.8, 4) is 6.07 Å². The number of hydrogen-bond donors (Lipinski definition) is 2. The number of fused-ring (bicyclic) bond motifs is 1. The standard InChI is InChI=1S/C18H12N2O4S/c19-11-12-4-3-7-15(8-12)25(23,24)20-17-10-14-6-2-1-5-13(14)9-16(17)18(21)22/h1-10,20H,(H,21,22). The average molecular weight is 352 g/mol. The van der Waals surface area contributed by atoms with Gasteiger partial charge in [-0.1, -0.05) is 30.3 Å². The number of carbonyl (C=O) groups is 1. The van der Waals surface area contributed by atoms with Crippen LogP contribution in [0.2, 0.25) is 0 Å². The van der Waals surface area contributed by atoms with Gasteiger partial charge in [0.25, 0.3) is 10.0 Å². The van der Waals surface area contributed by atoms with Crippen LogP contribution in [-0.4, -0.2) is 19.5 Å². The monoisotopic (exact) mass is 352 g/mol. The van der Waals surface area contributed by atoms with Gasteiger partial charge in [0.1, 0.15) is 0 Å². The molecular formula is C18H12N2O4S. The topological polar surface area (TPSA) is 107 Å². The van der Waals surface area contributed by atoms with Crippen LogP contribution in [0.4, 0.5) is 5.69 Å². The molecule has 0 bridgehead atoms. The summed E-state index contributed by atoms with van der Waals surface area (Å²) in [7, 11) is -4.04. The van der Waals surface area contributed by atoms with E-state index in [2.05, 4.69) is 4.72 Å². The van der Waals surface area contributed by atoms with Crippen molar-refractivity contribution in [2.24, 2.45) is 0 Å². The average Bonchev–Trinajstić information content (AvgIpc) is 2.60. The molecule has 0 fully saturated rings. The minimum atomic E-state index is -4.04. The number of anilines is 1. The summed E-state index contributed by atoms with van der Waals surface area (Å²) in [5.41, 5.74) is 0.00659. The number of rotatable bonds is 4. The Morgan fingerprint density at radius 3 is 2.32 bits per heavy atom. The van der Waals surface area contributed by atoms with E-state index in [1.54, 1.807) is 24.3 Å². The molecule has 0 amide bonds. The summed E-state index contributed by atoms with van der Waals surface area (Å²) in [5, 5.41) is 19.7. The molecule has 3 aromatic carbocycles. The van der Waals surface area contributed by atoms with Crippen molar-refractivity contribution in [3.63, 3.8) is 0 Å². The van der Waals surface area contributed by atoms with E-state index >= 15 is 0 Å². The number of nitriles is 1. The summed E-state index contributed by atoms with van der Waals surface area (Å²) >= 11 is 0. The zero-order valence-corrected chi connectivity index (χ0v) is 13.6. The lowest BCUT2D eigenvalue weighted by atomic mass is 10.1. The van der Waals surface area contributed by atoms with Gasteiger partial charge in [-0.15, -0.1) is 0 Å². The molecule has 25 heavy (non-hydrogen) atoms. The fourth-order valence-corrected chi connectivity index (χ4v) is 3.55. The first-order valence-corrected chi connectivity index (χ1v) is 8.68. The minimum absolute atomic E-state index is 0.0337. The van der Waals surface area contributed by atoms with Crippen LogP contribution >= 0.6 is 0 Å². The van der Waals surface area contributed by atoms with Gasteiger partial charge in [-0.3, -0.25) is 4.72 Å². The maximum atomic E-state index is 12.6. The number of benzene rings is 3. The SMILES string of the molecule is N#Cc1cccc(S(=O)(=O)Nc2cc3ccccc3cc2C(=O)O)c1. The first-order chi connectivity index (χ1) is 11.9. The summed E-state index contributed by atoms with van der Waals surface area (Å²) in [4.78, 5) is 11.4. The number of aromatic carboxylic acids is 1. The van der Waals surface area contributed by atoms with Crippen LogP contribution in [0.5, 0.6) is 0 Å². The third kappa shape index (κ3) is 3.29. The first-order valence-electron chi connectivity index (χ1n) is 7.20. The maximum Gasteiger partial charge on any atom is 0.337 e. The number of nitrogens with one attached hydrogen (secondary N) is 1. The number of nitrogens with zero attached hydrogens (tertiary/aromatic N) is 1. The second-order valence-electron chi connectivity index (χ2n) is 5.30. The van der Waals surface area contributed by atoms with E-state index in [4.69, 9.17) is 5.26 Å². The van der Waals surface area contributed by atoms with E-state index < -0.39 is 16.0 Å². The van der Waals surface area contributed by atoms with Crippen molar-refractivity contribution in [1.29, 1.82) is 5.26 Å². The Morgan fingerprint density at radius 2 is 1.68 bits per heavy atom. The van der Waals surface area contributed by atoms with Crippen LogP contribution < -0.4 is 4.72 Å². The predicted octanol–water partition coefficient (Wildman–Crippen LogP) is 3.21. The third-order valence-corrected chi connectivity index (χ3v) is 5.00. The van der Waals surface area contributed by atoms with E-state index in [1.165, 1.54) is 36.4 Å². The van der Waals surface area contributed by atoms with Gasteiger partial charge in [0.2, 0.25) is 0 Å². The second-order valence-corrected chi connectivity index (χ2v) is 6.98. The molecule has 7 heteroatoms. The fourth-order valence-electron chi connectivity index (χ4n) is 2.44. The van der Waals surface area contributed by atoms with Gasteiger partial charge in [-0.25, -0.2) is 13.2 Å². The predicted molar refractivity (Wildman–Crippen MR) is 92.9 cm³/mol. The molecule has 0 heterocycles. The van der Waals surface area contributed by atoms with Gasteiger partial charge in [-0.05, 0) is 41.1 Å². The van der Waals surface area contributed by atoms with Crippen LogP contribution in [0.25, 0.3) is 10.8 Å². The van der Waals surface area contributed by atoms with Gasteiger partial charge < -0.3 is 5.11 Å². The van der Waals surface area contributed by atoms with Crippen molar-refractivity contribution < 1.29 is 18.3 Å². The van der Waals surface area contributed by atoms with Gasteiger partial charge >= 0.3 is 5.97 Å². The molecular weight excluding hydrogens is 340 g/mol. The van der Waals surface area contributed by atoms with Crippen molar-refractivity contribution >= 4 is 32.5 Å². The highest BCUT2D eigenvalue weighted by Gasteiger charge is 2.19. The molecule has 3 aromatic rings. The van der Waals surface area contributed by atoms with Crippen molar-refractivity contribution in [3.05, 3.63) is 71.8 Å². The highest BCUT2D eigenvalue weighted by molar-refractivity contribution is 7.92. The van der Waals surface area contributed by atoms with E-state index in [1.807, 2.05) is 6.07 Å². The molecule has 0 aliphatic rings. The minimum Gasteiger partial charge on any atom is -0.478 e. The molecule has 0 saturated carbocycles. The Bertz CT molecular complexity index is 1130. The second kappa shape index (κ2) is 6.26. The quantitative estimate of drug-likeness (QED) is 0.750. The lowest BCUT2D eigenvalue weighted by molar-refractivity contribution is 0.0698. The fraction of sp³-hybridized carbons (Fsp3) is 0. The van der Waals surface area contributed by atoms with E-state index in [-0.39, 0.29) is 21.7 Å². The zero-order chi connectivity index (χ0) is 18.0. The molecule has 0 spiro atoms. The van der Waals surface area contributed by atoms with Gasteiger partial charge in [0.05, 0.1) is 27.8 Å². The molecule has 0 aromatic heterocycles. The summed E-state index contributed by atoms with van der Waals surface area (Å²) in [5.74, 6) is -1.24. The highest BCUT2D eigenvalue weighted by Crippen LogP contribution is 2.26. The van der Waals surface area contributed by atoms with Crippen LogP contribution in [0.15, 0.2) is 65.6 Å². The van der Waals surface area contributed by atoms with Gasteiger partial charge in [0, 0.05) is 0 Å². The number of carboxylic acid groups (broad SMARTS) is 1. The smallest absolute Gasteiger partial charge is 0.337 e. The molecule has 0 saturated heterocycles. The molecule has 124 valence electrons. The van der Waals surface area contributed by atoms with Crippen LogP contribution in [0.3, 0.4) is 0 Å². The number of sulfonamides is 1. The van der Waals surface area contributed by atoms with E-state index in [0.717, 1.165) is 0 Å². The molecule has 2 N–H and O–H groups in total. The summed E-state index contributed by atoms with van der Waals surface area (Å²) in [6, 6.07) is 17.3. The Labute approximate surface area is 144 Å². The lowest BCUT2D eigenvalue weighted by Crippen LogP contribution is -2.15. The van der Waals surface area contributed by atoms with Gasteiger partial charge in [0.15, 0.2) is 0 Å². The van der Waals surface area contributed by atoms with Crippen LogP contribution in [0.1, 0.15) is 15.9 Å². The first kappa shape index (κ1) is 16.5. The Hall–Kier alpha value is -3.37. The number of hydrogen-bond acceptors (Lipinski definition) is 4. The Kier molecular flexibility index (Phi) is 4.13. The molecule has 0 atom stereocenters. The Morgan fingerprint density at radius 1 is 1.00 bits per heavy atom. The van der Waals surface area contributed by atoms with Crippen molar-refractivity contribution in [2.75, 3.05) is 4.72 Å². The largest absolute Gasteiger partial charge is 0.478 e. The zero-order valence-electron chi connectivity index (χ0n) is 12.8. The summed E-state index contributed by atoms with van der Waals surface area (Å²) in [6.45, 7) is 0. The number of carboxylic acids is 1. The molecule has 3 rings (SSSR count).